The first-order valence-electron chi connectivity index (χ1n) is 5.26. The average Bonchev–Trinajstić information content (AvgIpc) is 2.21. The maximum atomic E-state index is 13.5. The molecule has 0 aliphatic heterocycles. The Morgan fingerprint density at radius 2 is 1.65 bits per heavy atom. The van der Waals surface area contributed by atoms with Gasteiger partial charge in [0, 0.05) is 6.07 Å². The molecule has 2 aromatic carbocycles. The van der Waals surface area contributed by atoms with Crippen molar-refractivity contribution in [1.29, 1.82) is 0 Å². The molecule has 0 bridgehead atoms. The first-order valence-corrected chi connectivity index (χ1v) is 5.26. The third-order valence-corrected chi connectivity index (χ3v) is 2.33. The summed E-state index contributed by atoms with van der Waals surface area (Å²) in [5, 5.41) is 0. The van der Waals surface area contributed by atoms with E-state index >= 15 is 0 Å². The van der Waals surface area contributed by atoms with Crippen LogP contribution in [0.2, 0.25) is 0 Å². The van der Waals surface area contributed by atoms with Gasteiger partial charge in [0.25, 0.3) is 0 Å². The van der Waals surface area contributed by atoms with Gasteiger partial charge in [0.15, 0.2) is 11.6 Å². The molecule has 0 saturated heterocycles. The summed E-state index contributed by atoms with van der Waals surface area (Å²) in [7, 11) is 0. The third kappa shape index (κ3) is 2.81. The van der Waals surface area contributed by atoms with E-state index in [0.717, 1.165) is 11.1 Å². The second kappa shape index (κ2) is 4.53. The van der Waals surface area contributed by atoms with Crippen molar-refractivity contribution in [2.75, 3.05) is 0 Å². The van der Waals surface area contributed by atoms with Crippen molar-refractivity contribution in [3.63, 3.8) is 0 Å². The first-order chi connectivity index (χ1) is 8.04. The predicted molar refractivity (Wildman–Crippen MR) is 62.3 cm³/mol. The van der Waals surface area contributed by atoms with E-state index in [9.17, 15) is 8.78 Å². The number of halogens is 2. The highest BCUT2D eigenvalue weighted by Crippen LogP contribution is 2.26. The van der Waals surface area contributed by atoms with Crippen LogP contribution in [0.4, 0.5) is 8.78 Å². The van der Waals surface area contributed by atoms with Crippen LogP contribution in [-0.2, 0) is 0 Å². The summed E-state index contributed by atoms with van der Waals surface area (Å²) in [6.07, 6.45) is 0. The highest BCUT2D eigenvalue weighted by molar-refractivity contribution is 5.36. The first kappa shape index (κ1) is 11.6. The lowest BCUT2D eigenvalue weighted by Gasteiger charge is -2.08. The van der Waals surface area contributed by atoms with Crippen LogP contribution in [0.5, 0.6) is 11.5 Å². The van der Waals surface area contributed by atoms with E-state index in [1.165, 1.54) is 24.3 Å². The molecule has 0 aromatic heterocycles. The molecular formula is C14H12F2O. The Labute approximate surface area is 98.7 Å². The van der Waals surface area contributed by atoms with E-state index in [-0.39, 0.29) is 5.75 Å². The van der Waals surface area contributed by atoms with Crippen LogP contribution in [0, 0.1) is 25.5 Å². The SMILES string of the molecule is Cc1cc(F)cc(Oc2ccc(C)cc2F)c1. The van der Waals surface area contributed by atoms with Crippen LogP contribution in [0.15, 0.2) is 36.4 Å². The fourth-order valence-corrected chi connectivity index (χ4v) is 1.58. The number of ether oxygens (including phenoxy) is 1. The van der Waals surface area contributed by atoms with Crippen LogP contribution < -0.4 is 4.74 Å². The van der Waals surface area contributed by atoms with E-state index in [1.807, 2.05) is 0 Å². The van der Waals surface area contributed by atoms with Gasteiger partial charge in [-0.1, -0.05) is 6.07 Å². The molecule has 0 fully saturated rings. The summed E-state index contributed by atoms with van der Waals surface area (Å²) in [6.45, 7) is 3.54. The van der Waals surface area contributed by atoms with Gasteiger partial charge in [0.1, 0.15) is 11.6 Å². The summed E-state index contributed by atoms with van der Waals surface area (Å²) >= 11 is 0. The molecule has 0 aliphatic carbocycles. The largest absolute Gasteiger partial charge is 0.454 e. The van der Waals surface area contributed by atoms with Gasteiger partial charge < -0.3 is 4.74 Å². The Kier molecular flexibility index (Phi) is 3.09. The minimum absolute atomic E-state index is 0.0978. The van der Waals surface area contributed by atoms with Gasteiger partial charge in [-0.2, -0.15) is 0 Å². The third-order valence-electron chi connectivity index (χ3n) is 2.33. The molecule has 3 heteroatoms. The summed E-state index contributed by atoms with van der Waals surface area (Å²) in [5.74, 6) is -0.453. The van der Waals surface area contributed by atoms with Gasteiger partial charge in [0.05, 0.1) is 0 Å². The Balaban J connectivity index is 2.31. The Bertz CT molecular complexity index is 530. The lowest BCUT2D eigenvalue weighted by atomic mass is 10.2. The van der Waals surface area contributed by atoms with E-state index in [1.54, 1.807) is 26.0 Å². The topological polar surface area (TPSA) is 9.23 Å². The highest BCUT2D eigenvalue weighted by Gasteiger charge is 2.06. The van der Waals surface area contributed by atoms with Gasteiger partial charge in [-0.3, -0.25) is 0 Å². The molecule has 88 valence electrons. The van der Waals surface area contributed by atoms with Crippen molar-refractivity contribution in [2.45, 2.75) is 13.8 Å². The predicted octanol–water partition coefficient (Wildman–Crippen LogP) is 4.37. The Hall–Kier alpha value is -1.90. The van der Waals surface area contributed by atoms with Crippen molar-refractivity contribution in [3.8, 4) is 11.5 Å². The Morgan fingerprint density at radius 1 is 0.882 bits per heavy atom. The maximum Gasteiger partial charge on any atom is 0.165 e. The smallest absolute Gasteiger partial charge is 0.165 e. The average molecular weight is 234 g/mol. The van der Waals surface area contributed by atoms with E-state index in [4.69, 9.17) is 4.74 Å². The van der Waals surface area contributed by atoms with Gasteiger partial charge >= 0.3 is 0 Å². The van der Waals surface area contributed by atoms with Crippen LogP contribution >= 0.6 is 0 Å². The standard InChI is InChI=1S/C14H12F2O/c1-9-3-4-14(13(16)7-9)17-12-6-10(2)5-11(15)8-12/h3-8H,1-2H3. The van der Waals surface area contributed by atoms with Crippen LogP contribution in [0.25, 0.3) is 0 Å². The van der Waals surface area contributed by atoms with Crippen molar-refractivity contribution >= 4 is 0 Å². The van der Waals surface area contributed by atoms with Crippen LogP contribution in [-0.4, -0.2) is 0 Å². The lowest BCUT2D eigenvalue weighted by molar-refractivity contribution is 0.438. The molecule has 2 rings (SSSR count). The molecule has 0 N–H and O–H groups in total. The van der Waals surface area contributed by atoms with Crippen molar-refractivity contribution in [3.05, 3.63) is 59.2 Å². The van der Waals surface area contributed by atoms with E-state index < -0.39 is 11.6 Å². The van der Waals surface area contributed by atoms with Gasteiger partial charge in [-0.05, 0) is 49.2 Å². The molecule has 1 nitrogen and oxygen atoms in total. The van der Waals surface area contributed by atoms with E-state index in [0.29, 0.717) is 5.75 Å². The fraction of sp³-hybridized carbons (Fsp3) is 0.143. The van der Waals surface area contributed by atoms with Crippen molar-refractivity contribution < 1.29 is 13.5 Å². The Morgan fingerprint density at radius 3 is 2.29 bits per heavy atom. The molecular weight excluding hydrogens is 222 g/mol. The summed E-state index contributed by atoms with van der Waals surface area (Å²) in [6, 6.07) is 8.92. The highest BCUT2D eigenvalue weighted by atomic mass is 19.1. The van der Waals surface area contributed by atoms with Crippen LogP contribution in [0.1, 0.15) is 11.1 Å². The minimum Gasteiger partial charge on any atom is -0.454 e. The number of hydrogen-bond donors (Lipinski definition) is 0. The molecule has 0 spiro atoms. The second-order valence-corrected chi connectivity index (χ2v) is 4.00. The molecule has 17 heavy (non-hydrogen) atoms. The molecule has 0 unspecified atom stereocenters. The number of aryl methyl sites for hydroxylation is 2. The molecule has 0 atom stereocenters. The molecule has 2 aromatic rings. The second-order valence-electron chi connectivity index (χ2n) is 4.00. The number of benzene rings is 2. The lowest BCUT2D eigenvalue weighted by Crippen LogP contribution is -1.90. The van der Waals surface area contributed by atoms with Crippen LogP contribution in [0.3, 0.4) is 0 Å². The fourth-order valence-electron chi connectivity index (χ4n) is 1.58. The summed E-state index contributed by atoms with van der Waals surface area (Å²) in [4.78, 5) is 0. The quantitative estimate of drug-likeness (QED) is 0.749. The monoisotopic (exact) mass is 234 g/mol. The van der Waals surface area contributed by atoms with Gasteiger partial charge in [-0.15, -0.1) is 0 Å². The van der Waals surface area contributed by atoms with Gasteiger partial charge in [0.2, 0.25) is 0 Å². The maximum absolute atomic E-state index is 13.5. The molecule has 0 heterocycles. The molecule has 0 amide bonds. The minimum atomic E-state index is -0.452. The zero-order valence-corrected chi connectivity index (χ0v) is 9.63. The number of rotatable bonds is 2. The van der Waals surface area contributed by atoms with Crippen molar-refractivity contribution in [1.82, 2.24) is 0 Å². The van der Waals surface area contributed by atoms with E-state index in [2.05, 4.69) is 0 Å². The summed E-state index contributed by atoms with van der Waals surface area (Å²) < 4.78 is 32.0. The van der Waals surface area contributed by atoms with Crippen molar-refractivity contribution in [2.24, 2.45) is 0 Å². The molecule has 0 saturated carbocycles. The zero-order valence-electron chi connectivity index (χ0n) is 9.63. The molecule has 0 radical (unpaired) electrons. The van der Waals surface area contributed by atoms with Gasteiger partial charge in [-0.25, -0.2) is 8.78 Å². The molecule has 0 aliphatic rings. The summed E-state index contributed by atoms with van der Waals surface area (Å²) in [5.41, 5.74) is 1.54. The number of hydrogen-bond acceptors (Lipinski definition) is 1. The zero-order chi connectivity index (χ0) is 12.4. The normalized spacial score (nSPS) is 10.4.